The van der Waals surface area contributed by atoms with Crippen LogP contribution in [-0.2, 0) is 20.7 Å². The number of aliphatic hydroxyl groups is 1. The Labute approximate surface area is 153 Å². The largest absolute Gasteiger partial charge is 0.479 e. The van der Waals surface area contributed by atoms with Crippen molar-refractivity contribution >= 4 is 29.3 Å². The molecule has 2 N–H and O–H groups in total. The van der Waals surface area contributed by atoms with E-state index in [-0.39, 0.29) is 23.5 Å². The summed E-state index contributed by atoms with van der Waals surface area (Å²) in [6, 6.07) is 5.78. The number of carboxylic acid groups (broad SMARTS) is 1. The second-order valence-electron chi connectivity index (χ2n) is 5.87. The van der Waals surface area contributed by atoms with Crippen molar-refractivity contribution < 1.29 is 24.5 Å². The number of para-hydroxylation sites is 1. The van der Waals surface area contributed by atoms with Crippen LogP contribution in [0.1, 0.15) is 25.0 Å². The minimum Gasteiger partial charge on any atom is -0.479 e. The van der Waals surface area contributed by atoms with E-state index in [4.69, 9.17) is 9.84 Å². The third-order valence-electron chi connectivity index (χ3n) is 3.85. The first kappa shape index (κ1) is 21.5. The Morgan fingerprint density at radius 1 is 1.36 bits per heavy atom. The number of aryl methyl sites for hydroxylation is 2. The molecule has 1 amide bonds. The van der Waals surface area contributed by atoms with E-state index in [0.717, 1.165) is 35.0 Å². The van der Waals surface area contributed by atoms with E-state index >= 15 is 0 Å². The molecular formula is C18H27NO5S. The molecule has 6 nitrogen and oxygen atoms in total. The predicted molar refractivity (Wildman–Crippen MR) is 100 cm³/mol. The number of aliphatic hydroxyl groups excluding tert-OH is 1. The van der Waals surface area contributed by atoms with Crippen LogP contribution < -0.4 is 4.90 Å². The van der Waals surface area contributed by atoms with Gasteiger partial charge < -0.3 is 19.8 Å². The number of thioether (sulfide) groups is 1. The van der Waals surface area contributed by atoms with Gasteiger partial charge in [0.15, 0.2) is 6.10 Å². The normalized spacial score (nSPS) is 13.3. The third-order valence-corrected chi connectivity index (χ3v) is 4.85. The number of amides is 1. The minimum atomic E-state index is -1.47. The molecule has 0 fully saturated rings. The van der Waals surface area contributed by atoms with Gasteiger partial charge in [0.25, 0.3) is 0 Å². The quantitative estimate of drug-likeness (QED) is 0.657. The Bertz CT molecular complexity index is 593. The van der Waals surface area contributed by atoms with Crippen LogP contribution in [0.3, 0.4) is 0 Å². The molecule has 0 spiro atoms. The van der Waals surface area contributed by atoms with E-state index in [0.29, 0.717) is 6.61 Å². The standard InChI is InChI=1S/C18H27NO5S/c1-5-14-8-6-7-12(2)17(14)19(13(3)9-24-4)16(21)11-25-10-15(20)18(22)23/h6-8,13,15,20H,5,9-11H2,1-4H3,(H,22,23). The first-order valence-corrected chi connectivity index (χ1v) is 9.37. The summed E-state index contributed by atoms with van der Waals surface area (Å²) in [4.78, 5) is 25.3. The maximum Gasteiger partial charge on any atom is 0.333 e. The predicted octanol–water partition coefficient (Wildman–Crippen LogP) is 2.10. The molecule has 0 aliphatic heterocycles. The van der Waals surface area contributed by atoms with Crippen molar-refractivity contribution in [3.05, 3.63) is 29.3 Å². The Hall–Kier alpha value is -1.57. The number of aliphatic carboxylic acids is 1. The van der Waals surface area contributed by atoms with Gasteiger partial charge in [-0.2, -0.15) is 0 Å². The summed E-state index contributed by atoms with van der Waals surface area (Å²) < 4.78 is 5.23. The lowest BCUT2D eigenvalue weighted by Gasteiger charge is -2.32. The van der Waals surface area contributed by atoms with Gasteiger partial charge in [-0.15, -0.1) is 11.8 Å². The highest BCUT2D eigenvalue weighted by Gasteiger charge is 2.26. The number of rotatable bonds is 10. The molecule has 1 aromatic carbocycles. The van der Waals surface area contributed by atoms with Gasteiger partial charge in [0, 0.05) is 12.9 Å². The summed E-state index contributed by atoms with van der Waals surface area (Å²) in [5.41, 5.74) is 2.97. The monoisotopic (exact) mass is 369 g/mol. The number of carbonyl (C=O) groups is 2. The first-order chi connectivity index (χ1) is 11.8. The lowest BCUT2D eigenvalue weighted by atomic mass is 10.0. The highest BCUT2D eigenvalue weighted by Crippen LogP contribution is 2.28. The molecule has 0 radical (unpaired) electrons. The first-order valence-electron chi connectivity index (χ1n) is 8.21. The fourth-order valence-corrected chi connectivity index (χ4v) is 3.45. The van der Waals surface area contributed by atoms with Gasteiger partial charge in [-0.05, 0) is 31.4 Å². The molecule has 0 saturated heterocycles. The molecule has 0 aliphatic rings. The summed E-state index contributed by atoms with van der Waals surface area (Å²) in [6.45, 7) is 6.32. The lowest BCUT2D eigenvalue weighted by molar-refractivity contribution is -0.145. The molecule has 25 heavy (non-hydrogen) atoms. The molecule has 2 atom stereocenters. The van der Waals surface area contributed by atoms with Crippen LogP contribution in [0, 0.1) is 6.92 Å². The van der Waals surface area contributed by atoms with Crippen LogP contribution in [0.2, 0.25) is 0 Å². The molecule has 1 rings (SSSR count). The van der Waals surface area contributed by atoms with Crippen LogP contribution in [-0.4, -0.2) is 59.5 Å². The highest BCUT2D eigenvalue weighted by atomic mass is 32.2. The van der Waals surface area contributed by atoms with Crippen molar-refractivity contribution in [2.75, 3.05) is 30.1 Å². The van der Waals surface area contributed by atoms with E-state index in [1.54, 1.807) is 12.0 Å². The number of hydrogen-bond acceptors (Lipinski definition) is 5. The zero-order valence-corrected chi connectivity index (χ0v) is 16.0. The number of carbonyl (C=O) groups excluding carboxylic acids is 1. The van der Waals surface area contributed by atoms with Crippen LogP contribution >= 0.6 is 11.8 Å². The van der Waals surface area contributed by atoms with Crippen LogP contribution in [0.5, 0.6) is 0 Å². The van der Waals surface area contributed by atoms with E-state index < -0.39 is 12.1 Å². The van der Waals surface area contributed by atoms with Gasteiger partial charge in [0.1, 0.15) is 0 Å². The number of ether oxygens (including phenoxy) is 1. The Morgan fingerprint density at radius 3 is 2.60 bits per heavy atom. The van der Waals surface area contributed by atoms with Crippen LogP contribution in [0.25, 0.3) is 0 Å². The Balaban J connectivity index is 3.02. The lowest BCUT2D eigenvalue weighted by Crippen LogP contribution is -2.43. The smallest absolute Gasteiger partial charge is 0.333 e. The number of benzene rings is 1. The molecule has 0 heterocycles. The van der Waals surface area contributed by atoms with Gasteiger partial charge in [0.05, 0.1) is 24.1 Å². The van der Waals surface area contributed by atoms with E-state index in [1.807, 2.05) is 39.0 Å². The van der Waals surface area contributed by atoms with Crippen molar-refractivity contribution in [1.82, 2.24) is 0 Å². The number of anilines is 1. The van der Waals surface area contributed by atoms with Gasteiger partial charge in [-0.25, -0.2) is 4.79 Å². The van der Waals surface area contributed by atoms with E-state index in [1.165, 1.54) is 0 Å². The SMILES string of the molecule is CCc1cccc(C)c1N(C(=O)CSCC(O)C(=O)O)C(C)COC. The van der Waals surface area contributed by atoms with Gasteiger partial charge >= 0.3 is 5.97 Å². The molecule has 2 unspecified atom stereocenters. The fraction of sp³-hybridized carbons (Fsp3) is 0.556. The molecule has 0 bridgehead atoms. The number of carboxylic acids is 1. The van der Waals surface area contributed by atoms with Gasteiger partial charge in [-0.3, -0.25) is 4.79 Å². The summed E-state index contributed by atoms with van der Waals surface area (Å²) in [6.07, 6.45) is -0.668. The average Bonchev–Trinajstić information content (AvgIpc) is 2.56. The Kier molecular flexibility index (Phi) is 8.96. The zero-order valence-electron chi connectivity index (χ0n) is 15.2. The average molecular weight is 369 g/mol. The van der Waals surface area contributed by atoms with Crippen LogP contribution in [0.15, 0.2) is 18.2 Å². The second kappa shape index (κ2) is 10.4. The van der Waals surface area contributed by atoms with Crippen molar-refractivity contribution in [3.8, 4) is 0 Å². The topological polar surface area (TPSA) is 87.1 Å². The van der Waals surface area contributed by atoms with Gasteiger partial charge in [0.2, 0.25) is 5.91 Å². The molecule has 0 aromatic heterocycles. The maximum absolute atomic E-state index is 12.9. The zero-order chi connectivity index (χ0) is 19.0. The van der Waals surface area contributed by atoms with E-state index in [9.17, 15) is 14.7 Å². The summed E-state index contributed by atoms with van der Waals surface area (Å²) in [5.74, 6) is -1.34. The number of hydrogen-bond donors (Lipinski definition) is 2. The summed E-state index contributed by atoms with van der Waals surface area (Å²) in [7, 11) is 1.59. The van der Waals surface area contributed by atoms with Crippen molar-refractivity contribution in [2.45, 2.75) is 39.3 Å². The minimum absolute atomic E-state index is 0.0258. The van der Waals surface area contributed by atoms with Gasteiger partial charge in [-0.1, -0.05) is 25.1 Å². The van der Waals surface area contributed by atoms with Crippen molar-refractivity contribution in [2.24, 2.45) is 0 Å². The number of methoxy groups -OCH3 is 1. The van der Waals surface area contributed by atoms with Crippen molar-refractivity contribution in [1.29, 1.82) is 0 Å². The van der Waals surface area contributed by atoms with Crippen LogP contribution in [0.4, 0.5) is 5.69 Å². The number of nitrogens with zero attached hydrogens (tertiary/aromatic N) is 1. The second-order valence-corrected chi connectivity index (χ2v) is 6.90. The molecule has 0 saturated carbocycles. The highest BCUT2D eigenvalue weighted by molar-refractivity contribution is 8.00. The van der Waals surface area contributed by atoms with E-state index in [2.05, 4.69) is 0 Å². The maximum atomic E-state index is 12.9. The molecule has 7 heteroatoms. The molecular weight excluding hydrogens is 342 g/mol. The Morgan fingerprint density at radius 2 is 2.04 bits per heavy atom. The molecule has 0 aliphatic carbocycles. The fourth-order valence-electron chi connectivity index (χ4n) is 2.66. The summed E-state index contributed by atoms with van der Waals surface area (Å²) in [5, 5.41) is 18.1. The summed E-state index contributed by atoms with van der Waals surface area (Å²) >= 11 is 1.11. The molecule has 1 aromatic rings. The van der Waals surface area contributed by atoms with Crippen molar-refractivity contribution in [3.63, 3.8) is 0 Å². The third kappa shape index (κ3) is 6.02. The molecule has 140 valence electrons.